The van der Waals surface area contributed by atoms with E-state index in [1.54, 1.807) is 0 Å². The third kappa shape index (κ3) is 3.23. The minimum Gasteiger partial charge on any atom is -0.369 e. The first-order valence-corrected chi connectivity index (χ1v) is 7.30. The number of hydrogen-bond acceptors (Lipinski definition) is 3. The zero-order chi connectivity index (χ0) is 13.1. The summed E-state index contributed by atoms with van der Waals surface area (Å²) in [5.74, 6) is 0.417. The Hall–Kier alpha value is -0.610. The van der Waals surface area contributed by atoms with Crippen molar-refractivity contribution in [3.8, 4) is 0 Å². The monoisotopic (exact) mass is 253 g/mol. The van der Waals surface area contributed by atoms with Gasteiger partial charge in [0, 0.05) is 38.1 Å². The van der Waals surface area contributed by atoms with E-state index in [9.17, 15) is 4.79 Å². The lowest BCUT2D eigenvalue weighted by Crippen LogP contribution is -2.50. The molecule has 0 radical (unpaired) electrons. The molecule has 2 fully saturated rings. The fourth-order valence-corrected chi connectivity index (χ4v) is 3.41. The largest absolute Gasteiger partial charge is 0.369 e. The summed E-state index contributed by atoms with van der Waals surface area (Å²) in [5, 5.41) is 0. The highest BCUT2D eigenvalue weighted by atomic mass is 16.1. The molecule has 1 aliphatic heterocycles. The highest BCUT2D eigenvalue weighted by molar-refractivity contribution is 5.76. The molecule has 3 atom stereocenters. The Labute approximate surface area is 110 Å². The maximum atomic E-state index is 11.3. The molecule has 18 heavy (non-hydrogen) atoms. The smallest absolute Gasteiger partial charge is 0.220 e. The minimum atomic E-state index is -0.126. The zero-order valence-electron chi connectivity index (χ0n) is 11.8. The fraction of sp³-hybridized carbons (Fsp3) is 0.929. The first kappa shape index (κ1) is 13.8. The number of rotatable bonds is 3. The second-order valence-corrected chi connectivity index (χ2v) is 6.11. The maximum Gasteiger partial charge on any atom is 0.220 e. The van der Waals surface area contributed by atoms with Crippen LogP contribution in [0.1, 0.15) is 32.6 Å². The molecular weight excluding hydrogens is 226 g/mol. The average Bonchev–Trinajstić information content (AvgIpc) is 2.38. The Kier molecular flexibility index (Phi) is 4.62. The molecule has 104 valence electrons. The SMILES string of the molecule is CC(C(N)=O)[C@H]1CCC[C@@H](N2CCN(C)CC2)C1. The number of carbonyl (C=O) groups is 1. The first-order chi connectivity index (χ1) is 8.58. The Morgan fingerprint density at radius 2 is 1.89 bits per heavy atom. The molecule has 1 amide bonds. The van der Waals surface area contributed by atoms with Gasteiger partial charge in [0.1, 0.15) is 0 Å². The lowest BCUT2D eigenvalue weighted by Gasteiger charge is -2.42. The van der Waals surface area contributed by atoms with Crippen molar-refractivity contribution >= 4 is 5.91 Å². The molecule has 1 saturated carbocycles. The van der Waals surface area contributed by atoms with Crippen LogP contribution >= 0.6 is 0 Å². The van der Waals surface area contributed by atoms with Crippen LogP contribution in [0.2, 0.25) is 0 Å². The fourth-order valence-electron chi connectivity index (χ4n) is 3.41. The van der Waals surface area contributed by atoms with E-state index in [2.05, 4.69) is 16.8 Å². The third-order valence-corrected chi connectivity index (χ3v) is 4.90. The second-order valence-electron chi connectivity index (χ2n) is 6.11. The van der Waals surface area contributed by atoms with Gasteiger partial charge in [0.05, 0.1) is 0 Å². The van der Waals surface area contributed by atoms with E-state index >= 15 is 0 Å². The number of nitrogens with zero attached hydrogens (tertiary/aromatic N) is 2. The quantitative estimate of drug-likeness (QED) is 0.813. The summed E-state index contributed by atoms with van der Waals surface area (Å²) < 4.78 is 0. The van der Waals surface area contributed by atoms with Gasteiger partial charge in [0.15, 0.2) is 0 Å². The molecule has 1 aliphatic carbocycles. The van der Waals surface area contributed by atoms with Gasteiger partial charge in [-0.1, -0.05) is 13.3 Å². The maximum absolute atomic E-state index is 11.3. The number of amides is 1. The number of likely N-dealkylation sites (N-methyl/N-ethyl adjacent to an activating group) is 1. The molecule has 2 N–H and O–H groups in total. The van der Waals surface area contributed by atoms with Crippen molar-refractivity contribution in [3.05, 3.63) is 0 Å². The van der Waals surface area contributed by atoms with Crippen molar-refractivity contribution in [1.29, 1.82) is 0 Å². The summed E-state index contributed by atoms with van der Waals surface area (Å²) in [4.78, 5) is 16.3. The van der Waals surface area contributed by atoms with Gasteiger partial charge in [-0.2, -0.15) is 0 Å². The van der Waals surface area contributed by atoms with E-state index in [1.807, 2.05) is 6.92 Å². The number of piperazine rings is 1. The molecular formula is C14H27N3O. The molecule has 1 heterocycles. The van der Waals surface area contributed by atoms with Gasteiger partial charge in [-0.3, -0.25) is 9.69 Å². The lowest BCUT2D eigenvalue weighted by molar-refractivity contribution is -0.123. The summed E-state index contributed by atoms with van der Waals surface area (Å²) in [6, 6.07) is 0.680. The van der Waals surface area contributed by atoms with Gasteiger partial charge in [0.25, 0.3) is 0 Å². The zero-order valence-corrected chi connectivity index (χ0v) is 11.8. The van der Waals surface area contributed by atoms with E-state index in [0.29, 0.717) is 12.0 Å². The summed E-state index contributed by atoms with van der Waals surface area (Å²) in [6.45, 7) is 6.70. The molecule has 4 heteroatoms. The highest BCUT2D eigenvalue weighted by Crippen LogP contribution is 2.32. The Bertz CT molecular complexity index is 287. The highest BCUT2D eigenvalue weighted by Gasteiger charge is 2.32. The summed E-state index contributed by atoms with van der Waals surface area (Å²) in [5.41, 5.74) is 5.45. The Balaban J connectivity index is 1.88. The van der Waals surface area contributed by atoms with Crippen LogP contribution in [0, 0.1) is 11.8 Å². The van der Waals surface area contributed by atoms with Crippen LogP contribution in [0.4, 0.5) is 0 Å². The molecule has 0 aromatic heterocycles. The van der Waals surface area contributed by atoms with E-state index in [1.165, 1.54) is 45.4 Å². The van der Waals surface area contributed by atoms with Crippen LogP contribution in [0.3, 0.4) is 0 Å². The number of hydrogen-bond donors (Lipinski definition) is 1. The number of carbonyl (C=O) groups excluding carboxylic acids is 1. The predicted molar refractivity (Wildman–Crippen MR) is 73.2 cm³/mol. The van der Waals surface area contributed by atoms with Crippen molar-refractivity contribution in [1.82, 2.24) is 9.80 Å². The van der Waals surface area contributed by atoms with Crippen LogP contribution in [0.5, 0.6) is 0 Å². The third-order valence-electron chi connectivity index (χ3n) is 4.90. The van der Waals surface area contributed by atoms with E-state index in [4.69, 9.17) is 5.73 Å². The normalized spacial score (nSPS) is 33.2. The molecule has 1 unspecified atom stereocenters. The van der Waals surface area contributed by atoms with Gasteiger partial charge in [-0.05, 0) is 32.2 Å². The first-order valence-electron chi connectivity index (χ1n) is 7.30. The van der Waals surface area contributed by atoms with Crippen LogP contribution in [-0.4, -0.2) is 55.0 Å². The Morgan fingerprint density at radius 1 is 1.22 bits per heavy atom. The van der Waals surface area contributed by atoms with Crippen LogP contribution < -0.4 is 5.73 Å². The summed E-state index contributed by atoms with van der Waals surface area (Å²) in [6.07, 6.45) is 4.88. The van der Waals surface area contributed by atoms with Gasteiger partial charge in [-0.15, -0.1) is 0 Å². The van der Waals surface area contributed by atoms with Crippen molar-refractivity contribution in [3.63, 3.8) is 0 Å². The molecule has 0 spiro atoms. The molecule has 0 aromatic rings. The van der Waals surface area contributed by atoms with Crippen LogP contribution in [-0.2, 0) is 4.79 Å². The molecule has 4 nitrogen and oxygen atoms in total. The topological polar surface area (TPSA) is 49.6 Å². The summed E-state index contributed by atoms with van der Waals surface area (Å²) in [7, 11) is 2.19. The molecule has 0 bridgehead atoms. The van der Waals surface area contributed by atoms with Crippen molar-refractivity contribution < 1.29 is 4.79 Å². The van der Waals surface area contributed by atoms with Crippen LogP contribution in [0.15, 0.2) is 0 Å². The van der Waals surface area contributed by atoms with Gasteiger partial charge < -0.3 is 10.6 Å². The van der Waals surface area contributed by atoms with Crippen molar-refractivity contribution in [2.24, 2.45) is 17.6 Å². The lowest BCUT2D eigenvalue weighted by atomic mass is 9.77. The van der Waals surface area contributed by atoms with Gasteiger partial charge in [-0.25, -0.2) is 0 Å². The van der Waals surface area contributed by atoms with Gasteiger partial charge >= 0.3 is 0 Å². The standard InChI is InChI=1S/C14H27N3O/c1-11(14(15)18)12-4-3-5-13(10-12)17-8-6-16(2)7-9-17/h11-13H,3-10H2,1-2H3,(H2,15,18)/t11?,12-,13+/m0/s1. The van der Waals surface area contributed by atoms with E-state index in [-0.39, 0.29) is 11.8 Å². The predicted octanol–water partition coefficient (Wildman–Crippen LogP) is 0.914. The van der Waals surface area contributed by atoms with Crippen molar-refractivity contribution in [2.75, 3.05) is 33.2 Å². The van der Waals surface area contributed by atoms with Crippen LogP contribution in [0.25, 0.3) is 0 Å². The Morgan fingerprint density at radius 3 is 2.50 bits per heavy atom. The molecule has 2 rings (SSSR count). The molecule has 2 aliphatic rings. The number of nitrogens with two attached hydrogens (primary N) is 1. The van der Waals surface area contributed by atoms with Crippen molar-refractivity contribution in [2.45, 2.75) is 38.6 Å². The van der Waals surface area contributed by atoms with Gasteiger partial charge in [0.2, 0.25) is 5.91 Å². The molecule has 1 saturated heterocycles. The van der Waals surface area contributed by atoms with E-state index in [0.717, 1.165) is 6.42 Å². The average molecular weight is 253 g/mol. The summed E-state index contributed by atoms with van der Waals surface area (Å²) >= 11 is 0. The molecule has 0 aromatic carbocycles. The van der Waals surface area contributed by atoms with E-state index < -0.39 is 0 Å². The number of primary amides is 1. The second kappa shape index (κ2) is 6.02. The minimum absolute atomic E-state index is 0.0419.